The number of rotatable bonds is 7. The van der Waals surface area contributed by atoms with Gasteiger partial charge in [-0.15, -0.1) is 0 Å². The average Bonchev–Trinajstić information content (AvgIpc) is 2.23. The van der Waals surface area contributed by atoms with Gasteiger partial charge in [0, 0.05) is 17.8 Å². The van der Waals surface area contributed by atoms with Crippen molar-refractivity contribution in [3.05, 3.63) is 24.9 Å². The minimum Gasteiger partial charge on any atom is -0.367 e. The molecule has 0 spiro atoms. The quantitative estimate of drug-likeness (QED) is 0.555. The Morgan fingerprint density at radius 2 is 1.79 bits per heavy atom. The van der Waals surface area contributed by atoms with Crippen molar-refractivity contribution in [3.8, 4) is 0 Å². The molecule has 0 saturated heterocycles. The van der Waals surface area contributed by atoms with E-state index < -0.39 is 0 Å². The maximum Gasteiger partial charge on any atom is 0.0368 e. The fourth-order valence-corrected chi connectivity index (χ4v) is 1.73. The topological polar surface area (TPSA) is 3.24 Å². The van der Waals surface area contributed by atoms with E-state index in [1.807, 2.05) is 6.08 Å². The number of hydrogen-bond acceptors (Lipinski definition) is 1. The lowest BCUT2D eigenvalue weighted by Gasteiger charge is -2.42. The average molecular weight is 195 g/mol. The van der Waals surface area contributed by atoms with Gasteiger partial charge in [-0.3, -0.25) is 0 Å². The van der Waals surface area contributed by atoms with E-state index in [0.29, 0.717) is 0 Å². The highest BCUT2D eigenvalue weighted by atomic mass is 15.2. The molecule has 0 amide bonds. The molecule has 0 fully saturated rings. The smallest absolute Gasteiger partial charge is 0.0368 e. The molecule has 0 aliphatic heterocycles. The minimum absolute atomic E-state index is 0.237. The molecular formula is C13H25N. The zero-order valence-electron chi connectivity index (χ0n) is 10.3. The molecule has 0 rings (SSSR count). The maximum absolute atomic E-state index is 4.06. The number of nitrogens with zero attached hydrogens (tertiary/aromatic N) is 1. The molecule has 0 N–H and O–H groups in total. The molecule has 0 aromatic heterocycles. The fourth-order valence-electron chi connectivity index (χ4n) is 1.73. The van der Waals surface area contributed by atoms with Crippen LogP contribution in [0.25, 0.3) is 0 Å². The Morgan fingerprint density at radius 3 is 2.07 bits per heavy atom. The highest BCUT2D eigenvalue weighted by Crippen LogP contribution is 2.27. The van der Waals surface area contributed by atoms with Crippen molar-refractivity contribution < 1.29 is 0 Å². The van der Waals surface area contributed by atoms with Crippen molar-refractivity contribution in [2.24, 2.45) is 0 Å². The van der Waals surface area contributed by atoms with Crippen molar-refractivity contribution in [2.75, 3.05) is 6.54 Å². The zero-order chi connectivity index (χ0) is 11.2. The predicted octanol–water partition coefficient (Wildman–Crippen LogP) is 3.98. The SMILES string of the molecule is C=CC(=C)N(CCC)C(C)(CC)CC. The summed E-state index contributed by atoms with van der Waals surface area (Å²) in [5.74, 6) is 0. The first kappa shape index (κ1) is 13.3. The maximum atomic E-state index is 4.06. The molecule has 0 aliphatic carbocycles. The first-order chi connectivity index (χ1) is 6.55. The highest BCUT2D eigenvalue weighted by Gasteiger charge is 2.27. The van der Waals surface area contributed by atoms with Crippen molar-refractivity contribution in [2.45, 2.75) is 52.5 Å². The molecule has 82 valence electrons. The second-order valence-corrected chi connectivity index (χ2v) is 4.05. The van der Waals surface area contributed by atoms with Gasteiger partial charge in [0.05, 0.1) is 0 Å². The molecule has 0 radical (unpaired) electrons. The Morgan fingerprint density at radius 1 is 1.29 bits per heavy atom. The number of allylic oxidation sites excluding steroid dienone is 1. The Kier molecular flexibility index (Phi) is 5.59. The largest absolute Gasteiger partial charge is 0.367 e. The monoisotopic (exact) mass is 195 g/mol. The van der Waals surface area contributed by atoms with E-state index >= 15 is 0 Å². The molecule has 0 aromatic carbocycles. The van der Waals surface area contributed by atoms with Gasteiger partial charge in [0.15, 0.2) is 0 Å². The van der Waals surface area contributed by atoms with E-state index in [1.54, 1.807) is 0 Å². The Labute approximate surface area is 89.5 Å². The van der Waals surface area contributed by atoms with Crippen LogP contribution in [0.15, 0.2) is 24.9 Å². The summed E-state index contributed by atoms with van der Waals surface area (Å²) in [7, 11) is 0. The first-order valence-corrected chi connectivity index (χ1v) is 5.64. The number of hydrogen-bond donors (Lipinski definition) is 0. The summed E-state index contributed by atoms with van der Waals surface area (Å²) < 4.78 is 0. The molecule has 0 bridgehead atoms. The molecule has 1 nitrogen and oxygen atoms in total. The summed E-state index contributed by atoms with van der Waals surface area (Å²) in [6, 6.07) is 0. The van der Waals surface area contributed by atoms with Gasteiger partial charge in [-0.25, -0.2) is 0 Å². The highest BCUT2D eigenvalue weighted by molar-refractivity contribution is 5.13. The van der Waals surface area contributed by atoms with Gasteiger partial charge < -0.3 is 4.90 Å². The zero-order valence-corrected chi connectivity index (χ0v) is 10.3. The van der Waals surface area contributed by atoms with Crippen LogP contribution in [0.4, 0.5) is 0 Å². The molecular weight excluding hydrogens is 170 g/mol. The van der Waals surface area contributed by atoms with Crippen LogP contribution >= 0.6 is 0 Å². The van der Waals surface area contributed by atoms with Crippen LogP contribution in [-0.4, -0.2) is 17.0 Å². The fraction of sp³-hybridized carbons (Fsp3) is 0.692. The van der Waals surface area contributed by atoms with Crippen LogP contribution in [0.2, 0.25) is 0 Å². The Bertz CT molecular complexity index is 189. The van der Waals surface area contributed by atoms with E-state index in [9.17, 15) is 0 Å². The van der Waals surface area contributed by atoms with E-state index in [1.165, 1.54) is 0 Å². The summed E-state index contributed by atoms with van der Waals surface area (Å²) in [6.07, 6.45) is 5.31. The van der Waals surface area contributed by atoms with E-state index in [4.69, 9.17) is 0 Å². The van der Waals surface area contributed by atoms with Crippen LogP contribution in [0, 0.1) is 0 Å². The molecule has 1 heteroatoms. The van der Waals surface area contributed by atoms with Crippen LogP contribution in [0.5, 0.6) is 0 Å². The third-order valence-electron chi connectivity index (χ3n) is 3.20. The van der Waals surface area contributed by atoms with E-state index in [2.05, 4.69) is 45.8 Å². The summed E-state index contributed by atoms with van der Waals surface area (Å²) in [5, 5.41) is 0. The lowest BCUT2D eigenvalue weighted by Crippen LogP contribution is -2.44. The summed E-state index contributed by atoms with van der Waals surface area (Å²) in [6.45, 7) is 17.9. The van der Waals surface area contributed by atoms with Gasteiger partial charge in [-0.05, 0) is 32.3 Å². The summed E-state index contributed by atoms with van der Waals surface area (Å²) in [5.41, 5.74) is 1.29. The molecule has 14 heavy (non-hydrogen) atoms. The van der Waals surface area contributed by atoms with E-state index in [-0.39, 0.29) is 5.54 Å². The Balaban J connectivity index is 4.77. The van der Waals surface area contributed by atoms with Gasteiger partial charge >= 0.3 is 0 Å². The van der Waals surface area contributed by atoms with Crippen molar-refractivity contribution in [3.63, 3.8) is 0 Å². The third kappa shape index (κ3) is 2.90. The normalized spacial score (nSPS) is 11.1. The van der Waals surface area contributed by atoms with Crippen LogP contribution < -0.4 is 0 Å². The molecule has 0 saturated carbocycles. The van der Waals surface area contributed by atoms with E-state index in [0.717, 1.165) is 31.5 Å². The van der Waals surface area contributed by atoms with Crippen LogP contribution in [0.1, 0.15) is 47.0 Å². The van der Waals surface area contributed by atoms with Gasteiger partial charge in [0.1, 0.15) is 0 Å². The second kappa shape index (κ2) is 5.90. The van der Waals surface area contributed by atoms with Crippen molar-refractivity contribution in [1.82, 2.24) is 4.90 Å². The van der Waals surface area contributed by atoms with Crippen LogP contribution in [-0.2, 0) is 0 Å². The van der Waals surface area contributed by atoms with Gasteiger partial charge in [-0.1, -0.05) is 33.9 Å². The van der Waals surface area contributed by atoms with Gasteiger partial charge in [0.25, 0.3) is 0 Å². The lowest BCUT2D eigenvalue weighted by atomic mass is 9.92. The lowest BCUT2D eigenvalue weighted by molar-refractivity contribution is 0.141. The molecule has 0 heterocycles. The first-order valence-electron chi connectivity index (χ1n) is 5.64. The van der Waals surface area contributed by atoms with Crippen LogP contribution in [0.3, 0.4) is 0 Å². The van der Waals surface area contributed by atoms with Gasteiger partial charge in [-0.2, -0.15) is 0 Å². The van der Waals surface area contributed by atoms with Crippen molar-refractivity contribution >= 4 is 0 Å². The Hall–Kier alpha value is -0.720. The van der Waals surface area contributed by atoms with Gasteiger partial charge in [0.2, 0.25) is 0 Å². The molecule has 0 unspecified atom stereocenters. The molecule has 0 atom stereocenters. The van der Waals surface area contributed by atoms with Crippen molar-refractivity contribution in [1.29, 1.82) is 0 Å². The third-order valence-corrected chi connectivity index (χ3v) is 3.20. The molecule has 0 aliphatic rings. The summed E-state index contributed by atoms with van der Waals surface area (Å²) >= 11 is 0. The second-order valence-electron chi connectivity index (χ2n) is 4.05. The molecule has 0 aromatic rings. The predicted molar refractivity (Wildman–Crippen MR) is 65.3 cm³/mol. The minimum atomic E-state index is 0.237. The summed E-state index contributed by atoms with van der Waals surface area (Å²) in [4.78, 5) is 2.39. The standard InChI is InChI=1S/C13H25N/c1-7-11-14(12(5)8-2)13(6,9-3)10-4/h8H,2,5,7,9-11H2,1,3-4,6H3.